The normalized spacial score (nSPS) is 17.6. The fraction of sp³-hybridized carbons (Fsp3) is 0.435. The summed E-state index contributed by atoms with van der Waals surface area (Å²) < 4.78 is 19.9. The molecule has 160 valence electrons. The van der Waals surface area contributed by atoms with Crippen LogP contribution in [0, 0.1) is 5.82 Å². The largest absolute Gasteiger partial charge is 0.379 e. The second-order valence-corrected chi connectivity index (χ2v) is 7.88. The van der Waals surface area contributed by atoms with E-state index in [9.17, 15) is 9.18 Å². The van der Waals surface area contributed by atoms with Gasteiger partial charge in [0.1, 0.15) is 5.82 Å². The molecule has 0 saturated carbocycles. The number of nitrogens with one attached hydrogen (secondary N) is 2. The molecule has 4 rings (SSSR count). The van der Waals surface area contributed by atoms with Crippen LogP contribution in [0.1, 0.15) is 24.8 Å². The number of urea groups is 1. The second kappa shape index (κ2) is 9.91. The Morgan fingerprint density at radius 1 is 0.900 bits per heavy atom. The highest BCUT2D eigenvalue weighted by atomic mass is 19.1. The number of carbonyl (C=O) groups is 1. The first-order valence-electron chi connectivity index (χ1n) is 10.7. The summed E-state index contributed by atoms with van der Waals surface area (Å²) in [4.78, 5) is 16.7. The number of halogens is 1. The van der Waals surface area contributed by atoms with E-state index in [-0.39, 0.29) is 11.8 Å². The smallest absolute Gasteiger partial charge is 0.323 e. The summed E-state index contributed by atoms with van der Waals surface area (Å²) in [5.41, 5.74) is 2.94. The fourth-order valence-electron chi connectivity index (χ4n) is 3.98. The van der Waals surface area contributed by atoms with Gasteiger partial charge in [0.15, 0.2) is 0 Å². The molecule has 2 aliphatic heterocycles. The molecular weight excluding hydrogens is 383 g/mol. The van der Waals surface area contributed by atoms with Gasteiger partial charge < -0.3 is 20.3 Å². The molecule has 2 aliphatic rings. The van der Waals surface area contributed by atoms with Crippen LogP contribution in [0.4, 0.5) is 26.2 Å². The maximum absolute atomic E-state index is 14.5. The molecule has 2 aromatic rings. The van der Waals surface area contributed by atoms with Gasteiger partial charge in [0.05, 0.1) is 18.9 Å². The van der Waals surface area contributed by atoms with Gasteiger partial charge in [-0.25, -0.2) is 9.18 Å². The zero-order chi connectivity index (χ0) is 20.8. The van der Waals surface area contributed by atoms with E-state index in [1.807, 2.05) is 24.3 Å². The Hall–Kier alpha value is -2.64. The van der Waals surface area contributed by atoms with Crippen molar-refractivity contribution in [3.8, 4) is 0 Å². The third-order valence-corrected chi connectivity index (χ3v) is 5.62. The summed E-state index contributed by atoms with van der Waals surface area (Å²) in [5.74, 6) is -0.304. The summed E-state index contributed by atoms with van der Waals surface area (Å²) in [7, 11) is 0. The highest BCUT2D eigenvalue weighted by Gasteiger charge is 2.16. The Balaban J connectivity index is 1.30. The highest BCUT2D eigenvalue weighted by molar-refractivity contribution is 5.99. The van der Waals surface area contributed by atoms with Crippen LogP contribution in [0.2, 0.25) is 0 Å². The molecule has 0 radical (unpaired) electrons. The fourth-order valence-corrected chi connectivity index (χ4v) is 3.98. The van der Waals surface area contributed by atoms with Crippen LogP contribution >= 0.6 is 0 Å². The number of piperidine rings is 1. The van der Waals surface area contributed by atoms with Crippen molar-refractivity contribution in [2.45, 2.75) is 25.8 Å². The van der Waals surface area contributed by atoms with E-state index in [2.05, 4.69) is 20.4 Å². The van der Waals surface area contributed by atoms with Crippen molar-refractivity contribution in [3.63, 3.8) is 0 Å². The van der Waals surface area contributed by atoms with Crippen LogP contribution in [0.5, 0.6) is 0 Å². The monoisotopic (exact) mass is 412 g/mol. The summed E-state index contributed by atoms with van der Waals surface area (Å²) in [6.45, 7) is 6.07. The van der Waals surface area contributed by atoms with Crippen molar-refractivity contribution in [2.24, 2.45) is 0 Å². The van der Waals surface area contributed by atoms with Gasteiger partial charge in [-0.3, -0.25) is 4.90 Å². The molecule has 2 N–H and O–H groups in total. The molecule has 7 heteroatoms. The SMILES string of the molecule is O=C(Nc1ccc(CN2CCOCC2)cc1)Nc1ccc(N2CCCCC2)c(F)c1. The number of anilines is 3. The topological polar surface area (TPSA) is 56.8 Å². The van der Waals surface area contributed by atoms with E-state index in [1.54, 1.807) is 12.1 Å². The summed E-state index contributed by atoms with van der Waals surface area (Å²) in [6.07, 6.45) is 3.38. The number of hydrogen-bond acceptors (Lipinski definition) is 4. The molecule has 0 aliphatic carbocycles. The molecule has 2 fully saturated rings. The van der Waals surface area contributed by atoms with E-state index in [0.717, 1.165) is 58.8 Å². The lowest BCUT2D eigenvalue weighted by Crippen LogP contribution is -2.35. The van der Waals surface area contributed by atoms with Gasteiger partial charge in [-0.1, -0.05) is 12.1 Å². The van der Waals surface area contributed by atoms with Gasteiger partial charge in [-0.05, 0) is 55.2 Å². The predicted octanol–water partition coefficient (Wildman–Crippen LogP) is 4.29. The number of hydrogen-bond donors (Lipinski definition) is 2. The lowest BCUT2D eigenvalue weighted by molar-refractivity contribution is 0.0342. The molecule has 2 heterocycles. The third-order valence-electron chi connectivity index (χ3n) is 5.62. The molecule has 0 aromatic heterocycles. The van der Waals surface area contributed by atoms with Gasteiger partial charge >= 0.3 is 6.03 Å². The zero-order valence-corrected chi connectivity index (χ0v) is 17.2. The predicted molar refractivity (Wildman–Crippen MR) is 118 cm³/mol. The Kier molecular flexibility index (Phi) is 6.81. The van der Waals surface area contributed by atoms with Gasteiger partial charge in [0.2, 0.25) is 0 Å². The van der Waals surface area contributed by atoms with Crippen molar-refractivity contribution >= 4 is 23.1 Å². The van der Waals surface area contributed by atoms with E-state index in [4.69, 9.17) is 4.74 Å². The first kappa shape index (κ1) is 20.6. The molecule has 0 atom stereocenters. The summed E-state index contributed by atoms with van der Waals surface area (Å²) in [6, 6.07) is 12.3. The van der Waals surface area contributed by atoms with Crippen molar-refractivity contribution in [1.29, 1.82) is 0 Å². The Labute approximate surface area is 177 Å². The molecule has 2 aromatic carbocycles. The molecule has 30 heavy (non-hydrogen) atoms. The molecule has 2 saturated heterocycles. The van der Waals surface area contributed by atoms with Crippen LogP contribution < -0.4 is 15.5 Å². The maximum Gasteiger partial charge on any atom is 0.323 e. The van der Waals surface area contributed by atoms with Crippen LogP contribution in [0.15, 0.2) is 42.5 Å². The number of rotatable bonds is 5. The van der Waals surface area contributed by atoms with E-state index >= 15 is 0 Å². The molecule has 0 bridgehead atoms. The Morgan fingerprint density at radius 2 is 1.57 bits per heavy atom. The van der Waals surface area contributed by atoms with Crippen LogP contribution in [-0.2, 0) is 11.3 Å². The van der Waals surface area contributed by atoms with Crippen LogP contribution in [0.3, 0.4) is 0 Å². The minimum atomic E-state index is -0.388. The van der Waals surface area contributed by atoms with Gasteiger partial charge in [0, 0.05) is 44.1 Å². The number of amides is 2. The molecule has 0 unspecified atom stereocenters. The van der Waals surface area contributed by atoms with E-state index < -0.39 is 0 Å². The average molecular weight is 413 g/mol. The average Bonchev–Trinajstić information content (AvgIpc) is 2.76. The highest BCUT2D eigenvalue weighted by Crippen LogP contribution is 2.26. The molecule has 2 amide bonds. The number of morpholine rings is 1. The first-order chi connectivity index (χ1) is 14.7. The standard InChI is InChI=1S/C23H29FN4O2/c24-21-16-20(8-9-22(21)28-10-2-1-3-11-28)26-23(29)25-19-6-4-18(5-7-19)17-27-12-14-30-15-13-27/h4-9,16H,1-3,10-15,17H2,(H2,25,26,29). The van der Waals surface area contributed by atoms with E-state index in [1.165, 1.54) is 18.1 Å². The quantitative estimate of drug-likeness (QED) is 0.769. The second-order valence-electron chi connectivity index (χ2n) is 7.88. The van der Waals surface area contributed by atoms with Crippen LogP contribution in [-0.4, -0.2) is 50.3 Å². The minimum absolute atomic E-state index is 0.304. The van der Waals surface area contributed by atoms with E-state index in [0.29, 0.717) is 17.1 Å². The lowest BCUT2D eigenvalue weighted by Gasteiger charge is -2.29. The van der Waals surface area contributed by atoms with Crippen molar-refractivity contribution in [2.75, 3.05) is 54.9 Å². The van der Waals surface area contributed by atoms with Crippen molar-refractivity contribution in [1.82, 2.24) is 4.90 Å². The maximum atomic E-state index is 14.5. The van der Waals surface area contributed by atoms with Gasteiger partial charge in [-0.15, -0.1) is 0 Å². The van der Waals surface area contributed by atoms with Gasteiger partial charge in [-0.2, -0.15) is 0 Å². The van der Waals surface area contributed by atoms with Crippen LogP contribution in [0.25, 0.3) is 0 Å². The number of benzene rings is 2. The lowest BCUT2D eigenvalue weighted by atomic mass is 10.1. The zero-order valence-electron chi connectivity index (χ0n) is 17.2. The summed E-state index contributed by atoms with van der Waals surface area (Å²) >= 11 is 0. The first-order valence-corrected chi connectivity index (χ1v) is 10.7. The molecule has 6 nitrogen and oxygen atoms in total. The number of ether oxygens (including phenoxy) is 1. The minimum Gasteiger partial charge on any atom is -0.379 e. The Morgan fingerprint density at radius 3 is 2.27 bits per heavy atom. The van der Waals surface area contributed by atoms with Crippen molar-refractivity contribution in [3.05, 3.63) is 53.8 Å². The molecular formula is C23H29FN4O2. The van der Waals surface area contributed by atoms with Crippen molar-refractivity contribution < 1.29 is 13.9 Å². The van der Waals surface area contributed by atoms with Gasteiger partial charge in [0.25, 0.3) is 0 Å². The number of carbonyl (C=O) groups excluding carboxylic acids is 1. The summed E-state index contributed by atoms with van der Waals surface area (Å²) in [5, 5.41) is 5.51. The third kappa shape index (κ3) is 5.49. The number of nitrogens with zero attached hydrogens (tertiary/aromatic N) is 2. The Bertz CT molecular complexity index is 847. The molecule has 0 spiro atoms.